The molecule has 2 heterocycles. The van der Waals surface area contributed by atoms with Gasteiger partial charge in [-0.15, -0.1) is 0 Å². The summed E-state index contributed by atoms with van der Waals surface area (Å²) in [6.07, 6.45) is 0. The molecule has 7 aromatic carbocycles. The minimum Gasteiger partial charge on any atom is -0.456 e. The average molecular weight is 614 g/mol. The highest BCUT2D eigenvalue weighted by molar-refractivity contribution is 6.03. The normalized spacial score (nSPS) is 13.3. The number of para-hydroxylation sites is 1. The van der Waals surface area contributed by atoms with Gasteiger partial charge in [0, 0.05) is 33.2 Å². The van der Waals surface area contributed by atoms with Crippen LogP contribution in [0, 0.1) is 0 Å². The first-order valence-electron chi connectivity index (χ1n) is 16.2. The molecule has 1 aliphatic heterocycles. The molecule has 4 nitrogen and oxygen atoms in total. The molecule has 2 aliphatic rings. The molecule has 0 amide bonds. The highest BCUT2D eigenvalue weighted by atomic mass is 16.5. The summed E-state index contributed by atoms with van der Waals surface area (Å²) in [5, 5.41) is 2.04. The Morgan fingerprint density at radius 2 is 0.854 bits per heavy atom. The first-order valence-corrected chi connectivity index (χ1v) is 16.2. The van der Waals surface area contributed by atoms with Crippen molar-refractivity contribution < 1.29 is 4.74 Å². The zero-order valence-electron chi connectivity index (χ0n) is 25.8. The molecule has 0 unspecified atom stereocenters. The summed E-state index contributed by atoms with van der Waals surface area (Å²) in [7, 11) is 0. The van der Waals surface area contributed by atoms with E-state index in [1.807, 2.05) is 60.7 Å². The number of benzene rings is 7. The number of rotatable bonds is 3. The van der Waals surface area contributed by atoms with Gasteiger partial charge in [0.25, 0.3) is 0 Å². The maximum atomic E-state index is 6.93. The van der Waals surface area contributed by atoms with Crippen LogP contribution in [-0.2, 0) is 5.41 Å². The molecular weight excluding hydrogens is 587 g/mol. The highest BCUT2D eigenvalue weighted by Gasteiger charge is 2.51. The van der Waals surface area contributed by atoms with Gasteiger partial charge in [-0.25, -0.2) is 15.0 Å². The van der Waals surface area contributed by atoms with Gasteiger partial charge in [0.2, 0.25) is 0 Å². The fourth-order valence-electron chi connectivity index (χ4n) is 7.79. The van der Waals surface area contributed by atoms with Crippen LogP contribution in [-0.4, -0.2) is 15.0 Å². The van der Waals surface area contributed by atoms with E-state index < -0.39 is 5.41 Å². The van der Waals surface area contributed by atoms with E-state index in [0.29, 0.717) is 17.5 Å². The minimum absolute atomic E-state index is 0.603. The Kier molecular flexibility index (Phi) is 5.75. The predicted molar refractivity (Wildman–Crippen MR) is 191 cm³/mol. The van der Waals surface area contributed by atoms with Crippen LogP contribution in [0.5, 0.6) is 11.5 Å². The Labute approximate surface area is 278 Å². The molecule has 1 spiro atoms. The van der Waals surface area contributed by atoms with Crippen molar-refractivity contribution in [3.8, 4) is 56.8 Å². The number of fused-ring (bicyclic) bond motifs is 11. The van der Waals surface area contributed by atoms with Gasteiger partial charge >= 0.3 is 0 Å². The van der Waals surface area contributed by atoms with E-state index in [9.17, 15) is 0 Å². The molecule has 0 saturated heterocycles. The molecule has 0 saturated carbocycles. The number of hydrogen-bond acceptors (Lipinski definition) is 4. The summed E-state index contributed by atoms with van der Waals surface area (Å²) >= 11 is 0. The Morgan fingerprint density at radius 3 is 1.48 bits per heavy atom. The first-order chi connectivity index (χ1) is 23.8. The quantitative estimate of drug-likeness (QED) is 0.199. The fraction of sp³-hybridized carbons (Fsp3) is 0.0227. The van der Waals surface area contributed by atoms with E-state index in [1.165, 1.54) is 22.3 Å². The van der Waals surface area contributed by atoms with E-state index >= 15 is 0 Å². The molecule has 1 aromatic heterocycles. The SMILES string of the molecule is c1ccc(-c2nc(-c3ccccc3)nc(-c3cc4c(c5ccccc35)Oc3ccccc3C43c4ccccc4-c4ccccc43)n2)cc1. The Morgan fingerprint density at radius 1 is 0.375 bits per heavy atom. The van der Waals surface area contributed by atoms with Crippen LogP contribution < -0.4 is 4.74 Å². The molecule has 224 valence electrons. The van der Waals surface area contributed by atoms with Gasteiger partial charge in [-0.3, -0.25) is 0 Å². The Balaban J connectivity index is 1.34. The number of hydrogen-bond donors (Lipinski definition) is 0. The molecule has 0 fully saturated rings. The van der Waals surface area contributed by atoms with Crippen LogP contribution in [0.3, 0.4) is 0 Å². The lowest BCUT2D eigenvalue weighted by atomic mass is 9.65. The van der Waals surface area contributed by atoms with Gasteiger partial charge in [-0.2, -0.15) is 0 Å². The van der Waals surface area contributed by atoms with Gasteiger partial charge in [0.05, 0.1) is 5.41 Å². The number of ether oxygens (including phenoxy) is 1. The van der Waals surface area contributed by atoms with E-state index in [-0.39, 0.29) is 0 Å². The van der Waals surface area contributed by atoms with Crippen LogP contribution in [0.25, 0.3) is 56.1 Å². The van der Waals surface area contributed by atoms with Gasteiger partial charge in [-0.1, -0.05) is 152 Å². The summed E-state index contributed by atoms with van der Waals surface area (Å²) in [5.41, 5.74) is 9.38. The molecule has 0 bridgehead atoms. The van der Waals surface area contributed by atoms with Crippen LogP contribution in [0.15, 0.2) is 164 Å². The minimum atomic E-state index is -0.603. The third kappa shape index (κ3) is 3.74. The van der Waals surface area contributed by atoms with Crippen LogP contribution >= 0.6 is 0 Å². The molecule has 0 radical (unpaired) electrons. The fourth-order valence-corrected chi connectivity index (χ4v) is 7.79. The van der Waals surface area contributed by atoms with Crippen LogP contribution in [0.1, 0.15) is 22.3 Å². The van der Waals surface area contributed by atoms with Gasteiger partial charge in [-0.05, 0) is 39.8 Å². The third-order valence-electron chi connectivity index (χ3n) is 9.79. The molecular formula is C44H27N3O. The van der Waals surface area contributed by atoms with E-state index in [1.54, 1.807) is 0 Å². The second-order valence-electron chi connectivity index (χ2n) is 12.3. The zero-order valence-corrected chi connectivity index (χ0v) is 25.8. The Hall–Kier alpha value is -6.39. The maximum Gasteiger partial charge on any atom is 0.164 e. The van der Waals surface area contributed by atoms with E-state index in [0.717, 1.165) is 50.1 Å². The number of nitrogens with zero attached hydrogens (tertiary/aromatic N) is 3. The summed E-state index contributed by atoms with van der Waals surface area (Å²) in [4.78, 5) is 15.3. The van der Waals surface area contributed by atoms with Crippen molar-refractivity contribution in [2.45, 2.75) is 5.41 Å². The lowest BCUT2D eigenvalue weighted by Gasteiger charge is -2.40. The zero-order chi connectivity index (χ0) is 31.7. The van der Waals surface area contributed by atoms with E-state index in [2.05, 4.69) is 103 Å². The van der Waals surface area contributed by atoms with Crippen LogP contribution in [0.4, 0.5) is 0 Å². The van der Waals surface area contributed by atoms with Crippen molar-refractivity contribution in [3.63, 3.8) is 0 Å². The van der Waals surface area contributed by atoms with Gasteiger partial charge < -0.3 is 4.74 Å². The topological polar surface area (TPSA) is 47.9 Å². The number of aromatic nitrogens is 3. The molecule has 8 aromatic rings. The van der Waals surface area contributed by atoms with Crippen molar-refractivity contribution in [2.75, 3.05) is 0 Å². The Bertz CT molecular complexity index is 2440. The second-order valence-corrected chi connectivity index (χ2v) is 12.3. The summed E-state index contributed by atoms with van der Waals surface area (Å²) in [5.74, 6) is 3.62. The first kappa shape index (κ1) is 26.8. The van der Waals surface area contributed by atoms with Gasteiger partial charge in [0.15, 0.2) is 17.5 Å². The van der Waals surface area contributed by atoms with Crippen molar-refractivity contribution in [1.82, 2.24) is 15.0 Å². The molecule has 10 rings (SSSR count). The third-order valence-corrected chi connectivity index (χ3v) is 9.79. The van der Waals surface area contributed by atoms with Crippen molar-refractivity contribution in [3.05, 3.63) is 186 Å². The standard InChI is InChI=1S/C44H27N3O/c1-3-15-28(16-4-1)41-45-42(29-17-5-2-6-18-29)47-43(46-41)34-27-38-40(33-22-8-7-19-30(33)34)48-39-26-14-13-25-37(39)44(38)35-23-11-9-20-31(35)32-21-10-12-24-36(32)44/h1-27H. The largest absolute Gasteiger partial charge is 0.456 e. The van der Waals surface area contributed by atoms with E-state index in [4.69, 9.17) is 19.7 Å². The highest BCUT2D eigenvalue weighted by Crippen LogP contribution is 2.63. The summed E-state index contributed by atoms with van der Waals surface area (Å²) < 4.78 is 6.93. The average Bonchev–Trinajstić information content (AvgIpc) is 3.46. The lowest BCUT2D eigenvalue weighted by molar-refractivity contribution is 0.442. The van der Waals surface area contributed by atoms with Crippen LogP contribution in [0.2, 0.25) is 0 Å². The summed E-state index contributed by atoms with van der Waals surface area (Å²) in [6.45, 7) is 0. The molecule has 0 N–H and O–H groups in total. The molecule has 4 heteroatoms. The monoisotopic (exact) mass is 613 g/mol. The molecule has 48 heavy (non-hydrogen) atoms. The molecule has 1 aliphatic carbocycles. The van der Waals surface area contributed by atoms with Crippen molar-refractivity contribution >= 4 is 10.8 Å². The molecule has 0 atom stereocenters. The summed E-state index contributed by atoms with van der Waals surface area (Å²) in [6, 6.07) is 57.1. The maximum absolute atomic E-state index is 6.93. The van der Waals surface area contributed by atoms with Gasteiger partial charge in [0.1, 0.15) is 11.5 Å². The predicted octanol–water partition coefficient (Wildman–Crippen LogP) is 10.5. The smallest absolute Gasteiger partial charge is 0.164 e. The lowest BCUT2D eigenvalue weighted by Crippen LogP contribution is -2.32. The van der Waals surface area contributed by atoms with Crippen molar-refractivity contribution in [2.24, 2.45) is 0 Å². The second kappa shape index (κ2) is 10.3. The van der Waals surface area contributed by atoms with Crippen molar-refractivity contribution in [1.29, 1.82) is 0 Å².